The Morgan fingerprint density at radius 1 is 0.818 bits per heavy atom. The van der Waals surface area contributed by atoms with E-state index in [4.69, 9.17) is 9.47 Å². The van der Waals surface area contributed by atoms with E-state index in [2.05, 4.69) is 10.6 Å². The van der Waals surface area contributed by atoms with Crippen LogP contribution in [-0.4, -0.2) is 42.9 Å². The molecule has 0 fully saturated rings. The number of aromatic carboxylic acids is 1. The SMILES string of the molecule is COc1cc(NC(=O)CSc2cccc(NC(=O)c3ccccc3C(=O)O)c2)cc(OC)c1. The molecule has 0 aliphatic rings. The molecule has 3 aromatic carbocycles. The van der Waals surface area contributed by atoms with Crippen molar-refractivity contribution in [2.45, 2.75) is 4.90 Å². The molecule has 9 heteroatoms. The Hall–Kier alpha value is -3.98. The molecule has 3 N–H and O–H groups in total. The van der Waals surface area contributed by atoms with Crippen molar-refractivity contribution in [1.29, 1.82) is 0 Å². The van der Waals surface area contributed by atoms with Crippen molar-refractivity contribution in [3.05, 3.63) is 77.9 Å². The van der Waals surface area contributed by atoms with Gasteiger partial charge in [0.1, 0.15) is 11.5 Å². The standard InChI is InChI=1S/C24H22N2O6S/c1-31-17-10-16(11-18(13-17)32-2)25-22(27)14-33-19-7-5-6-15(12-19)26-23(28)20-8-3-4-9-21(20)24(29)30/h3-13H,14H2,1-2H3,(H,25,27)(H,26,28)(H,29,30). The van der Waals surface area contributed by atoms with Crippen molar-refractivity contribution >= 4 is 40.9 Å². The molecule has 0 aliphatic carbocycles. The Morgan fingerprint density at radius 3 is 2.12 bits per heavy atom. The predicted octanol–water partition coefficient (Wildman–Crippen LogP) is 4.39. The highest BCUT2D eigenvalue weighted by Crippen LogP contribution is 2.27. The van der Waals surface area contributed by atoms with Crippen molar-refractivity contribution in [2.24, 2.45) is 0 Å². The molecule has 33 heavy (non-hydrogen) atoms. The minimum Gasteiger partial charge on any atom is -0.497 e. The summed E-state index contributed by atoms with van der Waals surface area (Å²) >= 11 is 1.29. The Morgan fingerprint density at radius 2 is 1.48 bits per heavy atom. The zero-order chi connectivity index (χ0) is 23.8. The Balaban J connectivity index is 1.62. The van der Waals surface area contributed by atoms with Crippen LogP contribution in [0.3, 0.4) is 0 Å². The predicted molar refractivity (Wildman–Crippen MR) is 127 cm³/mol. The highest BCUT2D eigenvalue weighted by atomic mass is 32.2. The van der Waals surface area contributed by atoms with E-state index < -0.39 is 11.9 Å². The average Bonchev–Trinajstić information content (AvgIpc) is 2.82. The van der Waals surface area contributed by atoms with E-state index in [-0.39, 0.29) is 22.8 Å². The van der Waals surface area contributed by atoms with Gasteiger partial charge in [0.05, 0.1) is 31.1 Å². The first-order valence-corrected chi connectivity index (χ1v) is 10.8. The van der Waals surface area contributed by atoms with Gasteiger partial charge in [0.15, 0.2) is 0 Å². The first-order chi connectivity index (χ1) is 15.9. The van der Waals surface area contributed by atoms with E-state index in [0.29, 0.717) is 22.9 Å². The lowest BCUT2D eigenvalue weighted by atomic mass is 10.1. The third kappa shape index (κ3) is 6.50. The summed E-state index contributed by atoms with van der Waals surface area (Å²) in [5.74, 6) is -0.668. The molecule has 0 bridgehead atoms. The third-order valence-electron chi connectivity index (χ3n) is 4.50. The summed E-state index contributed by atoms with van der Waals surface area (Å²) in [6.07, 6.45) is 0. The number of hydrogen-bond donors (Lipinski definition) is 3. The zero-order valence-electron chi connectivity index (χ0n) is 18.0. The highest BCUT2D eigenvalue weighted by Gasteiger charge is 2.16. The highest BCUT2D eigenvalue weighted by molar-refractivity contribution is 8.00. The molecule has 0 aliphatic heterocycles. The van der Waals surface area contributed by atoms with Gasteiger partial charge >= 0.3 is 5.97 Å². The van der Waals surface area contributed by atoms with Crippen LogP contribution in [-0.2, 0) is 4.79 Å². The number of anilines is 2. The number of benzene rings is 3. The van der Waals surface area contributed by atoms with Crippen LogP contribution in [0.2, 0.25) is 0 Å². The molecule has 2 amide bonds. The number of thioether (sulfide) groups is 1. The van der Waals surface area contributed by atoms with Gasteiger partial charge in [0, 0.05) is 34.5 Å². The molecule has 0 saturated heterocycles. The number of carbonyl (C=O) groups is 3. The lowest BCUT2D eigenvalue weighted by molar-refractivity contribution is -0.113. The average molecular weight is 467 g/mol. The van der Waals surface area contributed by atoms with E-state index in [9.17, 15) is 19.5 Å². The van der Waals surface area contributed by atoms with Crippen molar-refractivity contribution < 1.29 is 29.0 Å². The second kappa shape index (κ2) is 11.1. The van der Waals surface area contributed by atoms with Gasteiger partial charge in [0.25, 0.3) is 5.91 Å². The lowest BCUT2D eigenvalue weighted by Gasteiger charge is -2.11. The molecule has 0 atom stereocenters. The van der Waals surface area contributed by atoms with E-state index in [1.165, 1.54) is 38.1 Å². The smallest absolute Gasteiger partial charge is 0.336 e. The van der Waals surface area contributed by atoms with Crippen LogP contribution in [0.5, 0.6) is 11.5 Å². The Kier molecular flexibility index (Phi) is 7.93. The second-order valence-electron chi connectivity index (χ2n) is 6.77. The summed E-state index contributed by atoms with van der Waals surface area (Å²) in [5, 5.41) is 14.8. The van der Waals surface area contributed by atoms with Crippen LogP contribution in [0.25, 0.3) is 0 Å². The molecule has 8 nitrogen and oxygen atoms in total. The minimum atomic E-state index is -1.18. The molecule has 170 valence electrons. The molecule has 0 unspecified atom stereocenters. The molecule has 0 spiro atoms. The third-order valence-corrected chi connectivity index (χ3v) is 5.49. The van der Waals surface area contributed by atoms with Gasteiger partial charge in [-0.25, -0.2) is 4.79 Å². The van der Waals surface area contributed by atoms with Crippen LogP contribution < -0.4 is 20.1 Å². The van der Waals surface area contributed by atoms with E-state index in [1.54, 1.807) is 48.5 Å². The zero-order valence-corrected chi connectivity index (χ0v) is 18.8. The van der Waals surface area contributed by atoms with E-state index >= 15 is 0 Å². The van der Waals surface area contributed by atoms with Crippen molar-refractivity contribution in [1.82, 2.24) is 0 Å². The molecule has 0 heterocycles. The number of rotatable bonds is 9. The number of ether oxygens (including phenoxy) is 2. The largest absolute Gasteiger partial charge is 0.497 e. The van der Waals surface area contributed by atoms with Crippen LogP contribution in [0.1, 0.15) is 20.7 Å². The first-order valence-electron chi connectivity index (χ1n) is 9.79. The maximum absolute atomic E-state index is 12.6. The van der Waals surface area contributed by atoms with Crippen LogP contribution in [0, 0.1) is 0 Å². The summed E-state index contributed by atoms with van der Waals surface area (Å²) in [7, 11) is 3.06. The summed E-state index contributed by atoms with van der Waals surface area (Å²) in [6.45, 7) is 0. The Bertz CT molecular complexity index is 1160. The van der Waals surface area contributed by atoms with Gasteiger partial charge in [-0.05, 0) is 30.3 Å². The number of amides is 2. The molecule has 0 radical (unpaired) electrons. The quantitative estimate of drug-likeness (QED) is 0.401. The monoisotopic (exact) mass is 466 g/mol. The first kappa shape index (κ1) is 23.7. The number of hydrogen-bond acceptors (Lipinski definition) is 6. The summed E-state index contributed by atoms with van der Waals surface area (Å²) in [5.41, 5.74) is 1.03. The van der Waals surface area contributed by atoms with Gasteiger partial charge in [0.2, 0.25) is 5.91 Å². The lowest BCUT2D eigenvalue weighted by Crippen LogP contribution is -2.16. The maximum Gasteiger partial charge on any atom is 0.336 e. The number of methoxy groups -OCH3 is 2. The summed E-state index contributed by atoms with van der Waals surface area (Å²) in [6, 6.07) is 18.0. The number of nitrogens with one attached hydrogen (secondary N) is 2. The van der Waals surface area contributed by atoms with Crippen molar-refractivity contribution in [3.8, 4) is 11.5 Å². The van der Waals surface area contributed by atoms with Gasteiger partial charge in [-0.3, -0.25) is 9.59 Å². The van der Waals surface area contributed by atoms with Gasteiger partial charge in [-0.1, -0.05) is 18.2 Å². The number of carbonyl (C=O) groups excluding carboxylic acids is 2. The van der Waals surface area contributed by atoms with Crippen LogP contribution in [0.15, 0.2) is 71.6 Å². The minimum absolute atomic E-state index is 0.0659. The molecular formula is C24H22N2O6S. The second-order valence-corrected chi connectivity index (χ2v) is 7.82. The molecular weight excluding hydrogens is 444 g/mol. The van der Waals surface area contributed by atoms with E-state index in [1.807, 2.05) is 6.07 Å². The van der Waals surface area contributed by atoms with Crippen molar-refractivity contribution in [3.63, 3.8) is 0 Å². The fraction of sp³-hybridized carbons (Fsp3) is 0.125. The van der Waals surface area contributed by atoms with Gasteiger partial charge in [-0.15, -0.1) is 11.8 Å². The van der Waals surface area contributed by atoms with Gasteiger partial charge in [-0.2, -0.15) is 0 Å². The fourth-order valence-electron chi connectivity index (χ4n) is 2.96. The topological polar surface area (TPSA) is 114 Å². The van der Waals surface area contributed by atoms with Crippen molar-refractivity contribution in [2.75, 3.05) is 30.6 Å². The number of carboxylic acids is 1. The molecule has 3 rings (SSSR count). The fourth-order valence-corrected chi connectivity index (χ4v) is 3.71. The summed E-state index contributed by atoms with van der Waals surface area (Å²) < 4.78 is 10.4. The Labute approximate surface area is 194 Å². The summed E-state index contributed by atoms with van der Waals surface area (Å²) in [4.78, 5) is 37.1. The van der Waals surface area contributed by atoms with Gasteiger partial charge < -0.3 is 25.2 Å². The number of carboxylic acid groups (broad SMARTS) is 1. The van der Waals surface area contributed by atoms with Crippen LogP contribution >= 0.6 is 11.8 Å². The molecule has 0 saturated carbocycles. The normalized spacial score (nSPS) is 10.2. The molecule has 0 aromatic heterocycles. The van der Waals surface area contributed by atoms with Crippen LogP contribution in [0.4, 0.5) is 11.4 Å². The maximum atomic E-state index is 12.6. The van der Waals surface area contributed by atoms with E-state index in [0.717, 1.165) is 4.90 Å². The molecule has 3 aromatic rings.